The van der Waals surface area contributed by atoms with Gasteiger partial charge in [-0.1, -0.05) is 26.8 Å². The molecule has 3 N–H and O–H groups in total. The average Bonchev–Trinajstić information content (AvgIpc) is 2.41. The third-order valence-corrected chi connectivity index (χ3v) is 3.01. The first-order valence-corrected chi connectivity index (χ1v) is 6.83. The number of aromatic nitrogens is 1. The number of nitrogens with two attached hydrogens (primary N) is 1. The molecule has 0 radical (unpaired) electrons. The van der Waals surface area contributed by atoms with Gasteiger partial charge < -0.3 is 15.8 Å². The number of nitrogens with zero attached hydrogens (tertiary/aromatic N) is 1. The van der Waals surface area contributed by atoms with Gasteiger partial charge in [-0.2, -0.15) is 0 Å². The van der Waals surface area contributed by atoms with E-state index in [9.17, 15) is 4.79 Å². The molecule has 0 bridgehead atoms. The van der Waals surface area contributed by atoms with Crippen LogP contribution in [0.15, 0.2) is 18.3 Å². The van der Waals surface area contributed by atoms with E-state index in [1.165, 1.54) is 0 Å². The number of pyridine rings is 1. The third-order valence-electron chi connectivity index (χ3n) is 3.01. The first-order chi connectivity index (χ1) is 9.37. The second-order valence-corrected chi connectivity index (χ2v) is 6.09. The van der Waals surface area contributed by atoms with Gasteiger partial charge in [0.15, 0.2) is 0 Å². The van der Waals surface area contributed by atoms with E-state index in [4.69, 9.17) is 10.5 Å². The van der Waals surface area contributed by atoms with Crippen molar-refractivity contribution in [2.24, 2.45) is 17.1 Å². The number of hydrogen-bond acceptors (Lipinski definition) is 4. The zero-order valence-corrected chi connectivity index (χ0v) is 12.8. The lowest BCUT2D eigenvalue weighted by molar-refractivity contribution is -0.125. The molecule has 20 heavy (non-hydrogen) atoms. The van der Waals surface area contributed by atoms with Crippen LogP contribution in [0, 0.1) is 11.3 Å². The van der Waals surface area contributed by atoms with Crippen molar-refractivity contribution in [1.29, 1.82) is 0 Å². The van der Waals surface area contributed by atoms with E-state index in [2.05, 4.69) is 31.1 Å². The van der Waals surface area contributed by atoms with Crippen molar-refractivity contribution in [2.75, 3.05) is 13.7 Å². The van der Waals surface area contributed by atoms with E-state index in [-0.39, 0.29) is 17.2 Å². The molecule has 1 aromatic rings. The minimum Gasteiger partial charge on any atom is -0.481 e. The number of nitrogens with one attached hydrogen (secondary N) is 1. The molecule has 0 saturated heterocycles. The molecule has 1 atom stereocenters. The van der Waals surface area contributed by atoms with Crippen LogP contribution in [0.4, 0.5) is 0 Å². The van der Waals surface area contributed by atoms with Crippen molar-refractivity contribution >= 4 is 5.91 Å². The van der Waals surface area contributed by atoms with Crippen molar-refractivity contribution in [3.63, 3.8) is 0 Å². The fourth-order valence-electron chi connectivity index (χ4n) is 2.09. The summed E-state index contributed by atoms with van der Waals surface area (Å²) in [5, 5.41) is 2.91. The second-order valence-electron chi connectivity index (χ2n) is 6.09. The summed E-state index contributed by atoms with van der Waals surface area (Å²) in [5.41, 5.74) is 6.64. The van der Waals surface area contributed by atoms with Crippen molar-refractivity contribution in [3.05, 3.63) is 23.9 Å². The Morgan fingerprint density at radius 2 is 2.20 bits per heavy atom. The molecule has 0 aliphatic heterocycles. The standard InChI is InChI=1S/C15H25N3O2/c1-15(2,3)8-12(9-16)13(19)18-10-11-6-5-7-17-14(11)20-4/h5-7,12H,8-10,16H2,1-4H3,(H,18,19). The second kappa shape index (κ2) is 7.24. The van der Waals surface area contributed by atoms with Crippen LogP contribution in [-0.4, -0.2) is 24.5 Å². The largest absolute Gasteiger partial charge is 0.481 e. The van der Waals surface area contributed by atoms with Gasteiger partial charge in [0, 0.05) is 24.8 Å². The van der Waals surface area contributed by atoms with E-state index in [1.807, 2.05) is 12.1 Å². The summed E-state index contributed by atoms with van der Waals surface area (Å²) in [6.07, 6.45) is 2.42. The van der Waals surface area contributed by atoms with Gasteiger partial charge in [0.2, 0.25) is 11.8 Å². The molecule has 1 aromatic heterocycles. The van der Waals surface area contributed by atoms with E-state index in [0.717, 1.165) is 12.0 Å². The number of amides is 1. The highest BCUT2D eigenvalue weighted by molar-refractivity contribution is 5.78. The maximum atomic E-state index is 12.2. The minimum absolute atomic E-state index is 0.0201. The van der Waals surface area contributed by atoms with E-state index in [1.54, 1.807) is 13.3 Å². The molecule has 112 valence electrons. The molecule has 5 nitrogen and oxygen atoms in total. The number of carbonyl (C=O) groups excluding carboxylic acids is 1. The Labute approximate surface area is 120 Å². The number of methoxy groups -OCH3 is 1. The highest BCUT2D eigenvalue weighted by Crippen LogP contribution is 2.24. The van der Waals surface area contributed by atoms with E-state index in [0.29, 0.717) is 19.0 Å². The van der Waals surface area contributed by atoms with Crippen LogP contribution in [-0.2, 0) is 11.3 Å². The van der Waals surface area contributed by atoms with Crippen LogP contribution in [0.5, 0.6) is 5.88 Å². The molecule has 1 rings (SSSR count). The van der Waals surface area contributed by atoms with Crippen LogP contribution in [0.25, 0.3) is 0 Å². The molecule has 0 aliphatic rings. The maximum Gasteiger partial charge on any atom is 0.224 e. The van der Waals surface area contributed by atoms with Crippen LogP contribution < -0.4 is 15.8 Å². The van der Waals surface area contributed by atoms with Gasteiger partial charge in [-0.3, -0.25) is 4.79 Å². The lowest BCUT2D eigenvalue weighted by Crippen LogP contribution is -2.36. The van der Waals surface area contributed by atoms with E-state index >= 15 is 0 Å². The predicted octanol–water partition coefficient (Wildman–Crippen LogP) is 1.72. The summed E-state index contributed by atoms with van der Waals surface area (Å²) in [6.45, 7) is 7.07. The fourth-order valence-corrected chi connectivity index (χ4v) is 2.09. The summed E-state index contributed by atoms with van der Waals surface area (Å²) >= 11 is 0. The molecule has 0 saturated carbocycles. The van der Waals surface area contributed by atoms with Gasteiger partial charge in [0.1, 0.15) is 0 Å². The Morgan fingerprint density at radius 3 is 2.75 bits per heavy atom. The van der Waals surface area contributed by atoms with E-state index < -0.39 is 0 Å². The molecular formula is C15H25N3O2. The quantitative estimate of drug-likeness (QED) is 0.831. The zero-order chi connectivity index (χ0) is 15.2. The predicted molar refractivity (Wildman–Crippen MR) is 79.3 cm³/mol. The topological polar surface area (TPSA) is 77.2 Å². The Hall–Kier alpha value is -1.62. The summed E-state index contributed by atoms with van der Waals surface area (Å²) in [7, 11) is 1.57. The number of ether oxygens (including phenoxy) is 1. The highest BCUT2D eigenvalue weighted by Gasteiger charge is 2.23. The number of carbonyl (C=O) groups is 1. The van der Waals surface area contributed by atoms with Crippen LogP contribution in [0.1, 0.15) is 32.8 Å². The lowest BCUT2D eigenvalue weighted by Gasteiger charge is -2.24. The SMILES string of the molecule is COc1ncccc1CNC(=O)C(CN)CC(C)(C)C. The summed E-state index contributed by atoms with van der Waals surface area (Å²) in [5.74, 6) is 0.346. The summed E-state index contributed by atoms with van der Waals surface area (Å²) in [6, 6.07) is 3.70. The summed E-state index contributed by atoms with van der Waals surface area (Å²) in [4.78, 5) is 16.3. The number of hydrogen-bond donors (Lipinski definition) is 2. The van der Waals surface area contributed by atoms with Crippen molar-refractivity contribution in [2.45, 2.75) is 33.7 Å². The summed E-state index contributed by atoms with van der Waals surface area (Å²) < 4.78 is 5.16. The molecule has 5 heteroatoms. The van der Waals surface area contributed by atoms with Gasteiger partial charge in [-0.15, -0.1) is 0 Å². The van der Waals surface area contributed by atoms with Crippen LogP contribution in [0.3, 0.4) is 0 Å². The molecule has 1 heterocycles. The molecule has 0 spiro atoms. The molecule has 0 aliphatic carbocycles. The van der Waals surface area contributed by atoms with Gasteiger partial charge in [0.25, 0.3) is 0 Å². The third kappa shape index (κ3) is 5.17. The maximum absolute atomic E-state index is 12.2. The normalized spacial score (nSPS) is 12.8. The molecule has 1 unspecified atom stereocenters. The average molecular weight is 279 g/mol. The monoisotopic (exact) mass is 279 g/mol. The van der Waals surface area contributed by atoms with Gasteiger partial charge in [-0.05, 0) is 17.9 Å². The molecule has 0 fully saturated rings. The van der Waals surface area contributed by atoms with Gasteiger partial charge in [0.05, 0.1) is 13.0 Å². The Kier molecular flexibility index (Phi) is 5.95. The van der Waals surface area contributed by atoms with Crippen molar-refractivity contribution in [3.8, 4) is 5.88 Å². The van der Waals surface area contributed by atoms with Crippen molar-refractivity contribution in [1.82, 2.24) is 10.3 Å². The van der Waals surface area contributed by atoms with Gasteiger partial charge in [-0.25, -0.2) is 4.98 Å². The first-order valence-electron chi connectivity index (χ1n) is 6.83. The molecule has 1 amide bonds. The van der Waals surface area contributed by atoms with Crippen LogP contribution >= 0.6 is 0 Å². The Morgan fingerprint density at radius 1 is 1.50 bits per heavy atom. The smallest absolute Gasteiger partial charge is 0.224 e. The van der Waals surface area contributed by atoms with Crippen LogP contribution in [0.2, 0.25) is 0 Å². The minimum atomic E-state index is -0.169. The lowest BCUT2D eigenvalue weighted by atomic mass is 9.84. The zero-order valence-electron chi connectivity index (χ0n) is 12.8. The number of rotatable bonds is 6. The van der Waals surface area contributed by atoms with Crippen molar-refractivity contribution < 1.29 is 9.53 Å². The van der Waals surface area contributed by atoms with Gasteiger partial charge >= 0.3 is 0 Å². The Bertz CT molecular complexity index is 441. The highest BCUT2D eigenvalue weighted by atomic mass is 16.5. The fraction of sp³-hybridized carbons (Fsp3) is 0.600. The molecule has 0 aromatic carbocycles. The molecular weight excluding hydrogens is 254 g/mol. The first kappa shape index (κ1) is 16.4. The Balaban J connectivity index is 2.61.